The highest BCUT2D eigenvalue weighted by Crippen LogP contribution is 2.32. The highest BCUT2D eigenvalue weighted by atomic mass is 32.2. The van der Waals surface area contributed by atoms with Crippen molar-refractivity contribution in [2.24, 2.45) is 0 Å². The second-order valence-corrected chi connectivity index (χ2v) is 8.69. The van der Waals surface area contributed by atoms with Crippen molar-refractivity contribution in [2.45, 2.75) is 38.3 Å². The van der Waals surface area contributed by atoms with Gasteiger partial charge in [0.05, 0.1) is 11.4 Å². The first-order valence-corrected chi connectivity index (χ1v) is 11.8. The molecule has 0 saturated heterocycles. The number of hydrogen-bond donors (Lipinski definition) is 0. The maximum Gasteiger partial charge on any atom is 0.230 e. The molecule has 0 fully saturated rings. The molecule has 0 saturated carbocycles. The molecule has 1 heterocycles. The largest absolute Gasteiger partial charge is 0.296 e. The van der Waals surface area contributed by atoms with Crippen molar-refractivity contribution in [3.05, 3.63) is 70.7 Å². The fraction of sp³-hybridized carbons (Fsp3) is 0.304. The van der Waals surface area contributed by atoms with Crippen LogP contribution in [0.25, 0.3) is 0 Å². The van der Waals surface area contributed by atoms with Crippen molar-refractivity contribution < 1.29 is 4.79 Å². The summed E-state index contributed by atoms with van der Waals surface area (Å²) in [7, 11) is 2.09. The van der Waals surface area contributed by atoms with Crippen LogP contribution < -0.4 is 4.90 Å². The first-order valence-electron chi connectivity index (χ1n) is 9.66. The SMILES string of the molecule is CCc1ccccc1N(C(C)=O)c1nc(CN(C)Cc2ccc(SC)cc2)cs1. The van der Waals surface area contributed by atoms with Crippen LogP contribution in [-0.2, 0) is 24.3 Å². The molecule has 3 aromatic rings. The Kier molecular flexibility index (Phi) is 7.47. The van der Waals surface area contributed by atoms with Gasteiger partial charge in [-0.1, -0.05) is 37.3 Å². The van der Waals surface area contributed by atoms with E-state index in [2.05, 4.69) is 55.5 Å². The smallest absolute Gasteiger partial charge is 0.230 e. The highest BCUT2D eigenvalue weighted by molar-refractivity contribution is 7.98. The van der Waals surface area contributed by atoms with Crippen molar-refractivity contribution in [3.8, 4) is 0 Å². The lowest BCUT2D eigenvalue weighted by molar-refractivity contribution is -0.115. The molecule has 1 aromatic heterocycles. The number of carbonyl (C=O) groups is 1. The molecule has 152 valence electrons. The molecule has 4 nitrogen and oxygen atoms in total. The van der Waals surface area contributed by atoms with Gasteiger partial charge in [0.15, 0.2) is 5.13 Å². The van der Waals surface area contributed by atoms with E-state index in [1.165, 1.54) is 21.8 Å². The van der Waals surface area contributed by atoms with E-state index in [0.29, 0.717) is 0 Å². The lowest BCUT2D eigenvalue weighted by Crippen LogP contribution is -2.24. The molecule has 0 unspecified atom stereocenters. The summed E-state index contributed by atoms with van der Waals surface area (Å²) in [6.45, 7) is 5.29. The van der Waals surface area contributed by atoms with Gasteiger partial charge in [0, 0.05) is 30.3 Å². The van der Waals surface area contributed by atoms with Gasteiger partial charge < -0.3 is 0 Å². The number of thioether (sulfide) groups is 1. The third-order valence-corrected chi connectivity index (χ3v) is 6.32. The molecule has 3 rings (SSSR count). The Bertz CT molecular complexity index is 953. The van der Waals surface area contributed by atoms with Crippen molar-refractivity contribution in [1.29, 1.82) is 0 Å². The van der Waals surface area contributed by atoms with E-state index in [-0.39, 0.29) is 5.91 Å². The molecule has 0 radical (unpaired) electrons. The minimum absolute atomic E-state index is 0.0194. The van der Waals surface area contributed by atoms with Crippen LogP contribution in [0.3, 0.4) is 0 Å². The van der Waals surface area contributed by atoms with Crippen molar-refractivity contribution in [3.63, 3.8) is 0 Å². The number of anilines is 2. The van der Waals surface area contributed by atoms with Crippen LogP contribution in [0, 0.1) is 0 Å². The number of carbonyl (C=O) groups excluding carboxylic acids is 1. The van der Waals surface area contributed by atoms with Crippen molar-refractivity contribution >= 4 is 39.8 Å². The van der Waals surface area contributed by atoms with Gasteiger partial charge in [0.25, 0.3) is 0 Å². The number of hydrogen-bond acceptors (Lipinski definition) is 5. The Hall–Kier alpha value is -2.15. The maximum atomic E-state index is 12.4. The zero-order valence-electron chi connectivity index (χ0n) is 17.4. The maximum absolute atomic E-state index is 12.4. The number of nitrogens with zero attached hydrogens (tertiary/aromatic N) is 3. The zero-order valence-corrected chi connectivity index (χ0v) is 19.0. The van der Waals surface area contributed by atoms with Crippen LogP contribution in [0.1, 0.15) is 30.7 Å². The van der Waals surface area contributed by atoms with E-state index in [1.54, 1.807) is 23.6 Å². The van der Waals surface area contributed by atoms with E-state index in [1.807, 2.05) is 23.6 Å². The van der Waals surface area contributed by atoms with E-state index < -0.39 is 0 Å². The van der Waals surface area contributed by atoms with Gasteiger partial charge in [-0.05, 0) is 49.1 Å². The van der Waals surface area contributed by atoms with Gasteiger partial charge in [0.1, 0.15) is 0 Å². The van der Waals surface area contributed by atoms with E-state index >= 15 is 0 Å². The van der Waals surface area contributed by atoms with Crippen LogP contribution in [0.5, 0.6) is 0 Å². The first-order chi connectivity index (χ1) is 14.0. The fourth-order valence-corrected chi connectivity index (χ4v) is 4.56. The summed E-state index contributed by atoms with van der Waals surface area (Å²) in [6.07, 6.45) is 2.96. The van der Waals surface area contributed by atoms with Crippen molar-refractivity contribution in [1.82, 2.24) is 9.88 Å². The second kappa shape index (κ2) is 10.1. The lowest BCUT2D eigenvalue weighted by Gasteiger charge is -2.21. The topological polar surface area (TPSA) is 36.4 Å². The zero-order chi connectivity index (χ0) is 20.8. The molecule has 0 bridgehead atoms. The summed E-state index contributed by atoms with van der Waals surface area (Å²) in [5, 5.41) is 2.78. The summed E-state index contributed by atoms with van der Waals surface area (Å²) in [6, 6.07) is 16.7. The Morgan fingerprint density at radius 2 is 1.83 bits per heavy atom. The number of rotatable bonds is 8. The van der Waals surface area contributed by atoms with Crippen LogP contribution in [0.4, 0.5) is 10.8 Å². The first kappa shape index (κ1) is 21.6. The second-order valence-electron chi connectivity index (χ2n) is 6.98. The molecule has 2 aromatic carbocycles. The predicted molar refractivity (Wildman–Crippen MR) is 124 cm³/mol. The highest BCUT2D eigenvalue weighted by Gasteiger charge is 2.20. The number of para-hydroxylation sites is 1. The quantitative estimate of drug-likeness (QED) is 0.431. The molecule has 29 heavy (non-hydrogen) atoms. The van der Waals surface area contributed by atoms with Gasteiger partial charge in [-0.25, -0.2) is 4.98 Å². The van der Waals surface area contributed by atoms with Crippen LogP contribution >= 0.6 is 23.1 Å². The number of thiazole rings is 1. The Morgan fingerprint density at radius 1 is 1.10 bits per heavy atom. The third-order valence-electron chi connectivity index (χ3n) is 4.70. The average Bonchev–Trinajstić information content (AvgIpc) is 3.16. The van der Waals surface area contributed by atoms with E-state index in [4.69, 9.17) is 4.98 Å². The molecule has 0 aliphatic carbocycles. The predicted octanol–water partition coefficient (Wildman–Crippen LogP) is 5.74. The van der Waals surface area contributed by atoms with Crippen LogP contribution in [0.2, 0.25) is 0 Å². The minimum atomic E-state index is -0.0194. The van der Waals surface area contributed by atoms with Crippen LogP contribution in [-0.4, -0.2) is 29.1 Å². The Labute approximate surface area is 181 Å². The molecule has 0 N–H and O–H groups in total. The number of amides is 1. The van der Waals surface area contributed by atoms with Crippen LogP contribution in [0.15, 0.2) is 58.8 Å². The molecule has 6 heteroatoms. The molecular formula is C23H27N3OS2. The monoisotopic (exact) mass is 425 g/mol. The minimum Gasteiger partial charge on any atom is -0.296 e. The number of aryl methyl sites for hydroxylation is 1. The molecule has 1 amide bonds. The summed E-state index contributed by atoms with van der Waals surface area (Å²) in [5.74, 6) is -0.0194. The molecule has 0 spiro atoms. The van der Waals surface area contributed by atoms with Gasteiger partial charge >= 0.3 is 0 Å². The summed E-state index contributed by atoms with van der Waals surface area (Å²) in [4.78, 5) is 22.4. The standard InChI is InChI=1S/C23H27N3OS2/c1-5-19-8-6-7-9-22(19)26(17(2)27)23-24-20(16-29-23)15-25(3)14-18-10-12-21(28-4)13-11-18/h6-13,16H,5,14-15H2,1-4H3. The normalized spacial score (nSPS) is 11.1. The molecule has 0 atom stereocenters. The fourth-order valence-electron chi connectivity index (χ4n) is 3.28. The Balaban J connectivity index is 1.73. The molecule has 0 aliphatic rings. The van der Waals surface area contributed by atoms with Gasteiger partial charge in [-0.15, -0.1) is 23.1 Å². The van der Waals surface area contributed by atoms with Gasteiger partial charge in [0.2, 0.25) is 5.91 Å². The summed E-state index contributed by atoms with van der Waals surface area (Å²) < 4.78 is 0. The van der Waals surface area contributed by atoms with E-state index in [0.717, 1.165) is 41.6 Å². The van der Waals surface area contributed by atoms with Crippen molar-refractivity contribution in [2.75, 3.05) is 18.2 Å². The summed E-state index contributed by atoms with van der Waals surface area (Å²) in [5.41, 5.74) is 4.33. The average molecular weight is 426 g/mol. The number of aromatic nitrogens is 1. The lowest BCUT2D eigenvalue weighted by atomic mass is 10.1. The molecule has 0 aliphatic heterocycles. The Morgan fingerprint density at radius 3 is 2.48 bits per heavy atom. The van der Waals surface area contributed by atoms with Gasteiger partial charge in [-0.3, -0.25) is 14.6 Å². The van der Waals surface area contributed by atoms with Gasteiger partial charge in [-0.2, -0.15) is 0 Å². The molecular weight excluding hydrogens is 398 g/mol. The number of benzene rings is 2. The summed E-state index contributed by atoms with van der Waals surface area (Å²) >= 11 is 3.27. The van der Waals surface area contributed by atoms with E-state index in [9.17, 15) is 4.79 Å². The third kappa shape index (κ3) is 5.47.